The average molecular weight is 550 g/mol. The third-order valence-electron chi connectivity index (χ3n) is 4.42. The van der Waals surface area contributed by atoms with Gasteiger partial charge in [-0.05, 0) is 18.4 Å². The van der Waals surface area contributed by atoms with Gasteiger partial charge in [0.2, 0.25) is 11.8 Å². The topological polar surface area (TPSA) is 247 Å². The Morgan fingerprint density at radius 2 is 1.55 bits per heavy atom. The van der Waals surface area contributed by atoms with Gasteiger partial charge in [0.15, 0.2) is 6.54 Å². The summed E-state index contributed by atoms with van der Waals surface area (Å²) in [5, 5.41) is 27.8. The molecule has 0 saturated carbocycles. The molecule has 0 spiro atoms. The Labute approximate surface area is 214 Å². The van der Waals surface area contributed by atoms with Crippen LogP contribution in [0.2, 0.25) is 0 Å². The number of hydrogen-bond donors (Lipinski definition) is 7. The van der Waals surface area contributed by atoms with E-state index in [0.29, 0.717) is 0 Å². The number of carboxylic acids is 2. The number of benzene rings is 1. The van der Waals surface area contributed by atoms with Crippen LogP contribution in [0.15, 0.2) is 30.3 Å². The minimum absolute atomic E-state index is 0.0356. The van der Waals surface area contributed by atoms with E-state index in [9.17, 15) is 42.3 Å². The summed E-state index contributed by atoms with van der Waals surface area (Å²) < 4.78 is 31.5. The second kappa shape index (κ2) is 17.1. The number of hydrogen-bond acceptors (Lipinski definition) is 7. The number of nitrogens with two attached hydrogens (primary N) is 1. The second-order valence-corrected chi connectivity index (χ2v) is 7.45. The molecule has 0 saturated heterocycles. The average Bonchev–Trinajstić information content (AvgIpc) is 2.83. The molecule has 0 radical (unpaired) electrons. The van der Waals surface area contributed by atoms with Crippen molar-refractivity contribution >= 4 is 35.7 Å². The summed E-state index contributed by atoms with van der Waals surface area (Å²) in [5.74, 6) is -5.96. The SMILES string of the molecule is NC(=O)NCCC[C@H](NC(=O)[C@H](Cc1ccccc1)NC(=O)CNC(=O)C[NH3+])C(=O)O.O=C([O-])C(F)(F)F. The molecular weight excluding hydrogens is 521 g/mol. The van der Waals surface area contributed by atoms with Crippen LogP contribution in [0, 0.1) is 0 Å². The normalized spacial score (nSPS) is 12.0. The van der Waals surface area contributed by atoms with Gasteiger partial charge in [-0.15, -0.1) is 0 Å². The molecule has 0 unspecified atom stereocenters. The summed E-state index contributed by atoms with van der Waals surface area (Å²) in [6, 6.07) is 5.86. The predicted molar refractivity (Wildman–Crippen MR) is 120 cm³/mol. The van der Waals surface area contributed by atoms with E-state index in [1.165, 1.54) is 0 Å². The van der Waals surface area contributed by atoms with Crippen LogP contribution in [0.5, 0.6) is 0 Å². The van der Waals surface area contributed by atoms with Gasteiger partial charge in [-0.3, -0.25) is 14.4 Å². The Morgan fingerprint density at radius 1 is 0.974 bits per heavy atom. The van der Waals surface area contributed by atoms with Gasteiger partial charge >= 0.3 is 18.2 Å². The highest BCUT2D eigenvalue weighted by Crippen LogP contribution is 2.11. The van der Waals surface area contributed by atoms with E-state index in [-0.39, 0.29) is 38.9 Å². The number of halogens is 3. The summed E-state index contributed by atoms with van der Waals surface area (Å²) in [7, 11) is 0. The monoisotopic (exact) mass is 550 g/mol. The molecule has 1 rings (SSSR count). The van der Waals surface area contributed by atoms with Crippen LogP contribution < -0.4 is 37.8 Å². The van der Waals surface area contributed by atoms with Crippen molar-refractivity contribution in [3.05, 3.63) is 35.9 Å². The molecule has 2 atom stereocenters. The number of quaternary nitrogens is 1. The zero-order chi connectivity index (χ0) is 29.3. The summed E-state index contributed by atoms with van der Waals surface area (Å²) in [5.41, 5.74) is 9.11. The van der Waals surface area contributed by atoms with E-state index >= 15 is 0 Å². The maximum Gasteiger partial charge on any atom is 0.430 e. The first-order chi connectivity index (χ1) is 17.7. The molecule has 10 N–H and O–H groups in total. The van der Waals surface area contributed by atoms with Crippen LogP contribution >= 0.6 is 0 Å². The molecule has 14 nitrogen and oxygen atoms in total. The Kier molecular flexibility index (Phi) is 15.1. The van der Waals surface area contributed by atoms with Crippen LogP contribution in [-0.2, 0) is 30.4 Å². The van der Waals surface area contributed by atoms with E-state index < -0.39 is 54.0 Å². The van der Waals surface area contributed by atoms with E-state index in [0.717, 1.165) is 5.56 Å². The Morgan fingerprint density at radius 3 is 2.03 bits per heavy atom. The Hall–Kier alpha value is -4.41. The van der Waals surface area contributed by atoms with Gasteiger partial charge < -0.3 is 47.7 Å². The van der Waals surface area contributed by atoms with E-state index in [4.69, 9.17) is 15.6 Å². The fourth-order valence-electron chi connectivity index (χ4n) is 2.62. The predicted octanol–water partition coefficient (Wildman–Crippen LogP) is -3.61. The molecule has 0 heterocycles. The molecule has 212 valence electrons. The molecular formula is C21H29F3N6O8. The van der Waals surface area contributed by atoms with Gasteiger partial charge in [-0.2, -0.15) is 13.2 Å². The maximum atomic E-state index is 12.8. The van der Waals surface area contributed by atoms with E-state index in [1.807, 2.05) is 0 Å². The number of aliphatic carboxylic acids is 2. The lowest BCUT2D eigenvalue weighted by molar-refractivity contribution is -0.355. The first-order valence-corrected chi connectivity index (χ1v) is 10.9. The number of amides is 5. The first-order valence-electron chi connectivity index (χ1n) is 10.9. The highest BCUT2D eigenvalue weighted by molar-refractivity contribution is 5.92. The van der Waals surface area contributed by atoms with Crippen molar-refractivity contribution in [1.82, 2.24) is 21.3 Å². The second-order valence-electron chi connectivity index (χ2n) is 7.45. The molecule has 0 bridgehead atoms. The largest absolute Gasteiger partial charge is 0.542 e. The van der Waals surface area contributed by atoms with Crippen LogP contribution in [-0.4, -0.2) is 78.7 Å². The smallest absolute Gasteiger partial charge is 0.430 e. The highest BCUT2D eigenvalue weighted by Gasteiger charge is 2.29. The molecule has 0 fully saturated rings. The Balaban J connectivity index is 0.00000171. The first kappa shape index (κ1) is 33.6. The quantitative estimate of drug-likeness (QED) is 0.121. The van der Waals surface area contributed by atoms with Gasteiger partial charge in [0.25, 0.3) is 5.91 Å². The summed E-state index contributed by atoms with van der Waals surface area (Å²) in [4.78, 5) is 67.2. The van der Waals surface area contributed by atoms with Gasteiger partial charge in [0.05, 0.1) is 6.54 Å². The highest BCUT2D eigenvalue weighted by atomic mass is 19.4. The minimum atomic E-state index is -5.19. The van der Waals surface area contributed by atoms with Gasteiger partial charge in [-0.25, -0.2) is 9.59 Å². The fourth-order valence-corrected chi connectivity index (χ4v) is 2.62. The molecule has 0 aliphatic heterocycles. The lowest BCUT2D eigenvalue weighted by Crippen LogP contribution is -2.58. The van der Waals surface area contributed by atoms with E-state index in [1.54, 1.807) is 30.3 Å². The van der Waals surface area contributed by atoms with Crippen LogP contribution in [0.4, 0.5) is 18.0 Å². The molecule has 1 aromatic rings. The van der Waals surface area contributed by atoms with E-state index in [2.05, 4.69) is 27.0 Å². The van der Waals surface area contributed by atoms with Crippen molar-refractivity contribution in [2.75, 3.05) is 19.6 Å². The number of primary amides is 1. The molecule has 0 aliphatic carbocycles. The number of urea groups is 1. The Bertz CT molecular complexity index is 962. The summed E-state index contributed by atoms with van der Waals surface area (Å²) >= 11 is 0. The van der Waals surface area contributed by atoms with Crippen LogP contribution in [0.1, 0.15) is 18.4 Å². The third-order valence-corrected chi connectivity index (χ3v) is 4.42. The van der Waals surface area contributed by atoms with Crippen molar-refractivity contribution in [1.29, 1.82) is 0 Å². The fraction of sp³-hybridized carbons (Fsp3) is 0.429. The van der Waals surface area contributed by atoms with Crippen LogP contribution in [0.25, 0.3) is 0 Å². The van der Waals surface area contributed by atoms with Gasteiger partial charge in [0.1, 0.15) is 18.1 Å². The number of carbonyl (C=O) groups is 6. The number of nitrogens with one attached hydrogen (secondary N) is 4. The van der Waals surface area contributed by atoms with Crippen LogP contribution in [0.3, 0.4) is 0 Å². The summed E-state index contributed by atoms with van der Waals surface area (Å²) in [6.45, 7) is -0.217. The minimum Gasteiger partial charge on any atom is -0.542 e. The number of rotatable bonds is 13. The van der Waals surface area contributed by atoms with Crippen molar-refractivity contribution in [2.24, 2.45) is 5.73 Å². The summed E-state index contributed by atoms with van der Waals surface area (Å²) in [6.07, 6.45) is -4.75. The van der Waals surface area contributed by atoms with Crippen molar-refractivity contribution in [3.8, 4) is 0 Å². The van der Waals surface area contributed by atoms with Crippen molar-refractivity contribution < 1.29 is 57.9 Å². The molecule has 38 heavy (non-hydrogen) atoms. The van der Waals surface area contributed by atoms with Gasteiger partial charge in [0, 0.05) is 13.0 Å². The lowest BCUT2D eigenvalue weighted by atomic mass is 10.0. The number of carboxylic acid groups (broad SMARTS) is 2. The molecule has 0 aliphatic rings. The maximum absolute atomic E-state index is 12.8. The molecule has 5 amide bonds. The lowest BCUT2D eigenvalue weighted by Gasteiger charge is -2.22. The molecule has 0 aromatic heterocycles. The van der Waals surface area contributed by atoms with Gasteiger partial charge in [-0.1, -0.05) is 30.3 Å². The zero-order valence-corrected chi connectivity index (χ0v) is 20.0. The standard InChI is InChI=1S/C19H28N6O6.C2HF3O2/c20-10-15(26)23-11-16(27)24-14(9-12-5-2-1-3-6-12)17(28)25-13(18(29)30)7-4-8-22-19(21)31;3-2(4,5)1(6)7/h1-3,5-6,13-14H,4,7-11,20H2,(H,23,26)(H,24,27)(H,25,28)(H,29,30)(H3,21,22,31);(H,6,7)/t13-,14-;/m0./s1. The molecule has 17 heteroatoms. The third kappa shape index (κ3) is 15.6. The molecule has 1 aromatic carbocycles. The number of carbonyl (C=O) groups excluding carboxylic acids is 5. The van der Waals surface area contributed by atoms with Crippen molar-refractivity contribution in [2.45, 2.75) is 37.5 Å². The zero-order valence-electron chi connectivity index (χ0n) is 20.0. The number of alkyl halides is 3. The van der Waals surface area contributed by atoms with Crippen molar-refractivity contribution in [3.63, 3.8) is 0 Å².